The van der Waals surface area contributed by atoms with Crippen LogP contribution in [0.25, 0.3) is 0 Å². The highest BCUT2D eigenvalue weighted by atomic mass is 32.2. The monoisotopic (exact) mass is 829 g/mol. The van der Waals surface area contributed by atoms with Crippen molar-refractivity contribution in [3.8, 4) is 0 Å². The van der Waals surface area contributed by atoms with Gasteiger partial charge in [-0.1, -0.05) is 73.6 Å². The van der Waals surface area contributed by atoms with E-state index in [1.807, 2.05) is 27.7 Å². The number of amides is 5. The summed E-state index contributed by atoms with van der Waals surface area (Å²) in [4.78, 5) is 76.3. The van der Waals surface area contributed by atoms with Crippen molar-refractivity contribution >= 4 is 39.6 Å². The third-order valence-corrected chi connectivity index (χ3v) is 19.1. The second kappa shape index (κ2) is 14.7. The molecule has 2 spiro atoms. The second-order valence-electron chi connectivity index (χ2n) is 21.7. The predicted molar refractivity (Wildman–Crippen MR) is 221 cm³/mol. The summed E-state index contributed by atoms with van der Waals surface area (Å²) in [5.41, 5.74) is -2.56. The second-order valence-corrected chi connectivity index (χ2v) is 23.9. The van der Waals surface area contributed by atoms with E-state index in [2.05, 4.69) is 53.3 Å². The van der Waals surface area contributed by atoms with Crippen LogP contribution < -0.4 is 20.7 Å². The Bertz CT molecular complexity index is 1790. The van der Waals surface area contributed by atoms with Crippen LogP contribution in [0.4, 0.5) is 0 Å². The quantitative estimate of drug-likeness (QED) is 0.210. The van der Waals surface area contributed by atoms with Gasteiger partial charge in [-0.2, -0.15) is 0 Å². The van der Waals surface area contributed by atoms with Gasteiger partial charge >= 0.3 is 0 Å². The number of hydrogen-bond donors (Lipinski definition) is 4. The highest BCUT2D eigenvalue weighted by Gasteiger charge is 2.85. The zero-order valence-corrected chi connectivity index (χ0v) is 37.5. The van der Waals surface area contributed by atoms with Crippen molar-refractivity contribution in [1.82, 2.24) is 30.5 Å². The van der Waals surface area contributed by atoms with E-state index in [-0.39, 0.29) is 57.9 Å². The first-order chi connectivity index (χ1) is 27.0. The third kappa shape index (κ3) is 6.89. The maximum Gasteiger partial charge on any atom is 0.259 e. The molecular formula is C44H72N6O7S. The van der Waals surface area contributed by atoms with E-state index >= 15 is 4.79 Å². The number of fused-ring (bicyclic) bond motifs is 1. The standard InChI is InChI=1S/C44H72N6O7S/c1-10-29-24-44(29,38(55)48-58(56,57)41(9)21-22-41)47-35(52)31-25-43(40(7,8)42(43)19-15-20-42)26-50(31)37(54)33(39(4,5)6)46-36(53)32(28-16-12-11-13-17-28)45-34(51)30-18-14-23-49(30)27(2)3/h27-33H,10-26H2,1-9H3,(H,45,51)(H,46,53)(H,47,52)(H,48,55)/t29-,30+,31?,32+,33-,43-,44-/m1/s1. The van der Waals surface area contributed by atoms with Crippen molar-refractivity contribution in [3.05, 3.63) is 0 Å². The van der Waals surface area contributed by atoms with Gasteiger partial charge in [-0.3, -0.25) is 33.6 Å². The van der Waals surface area contributed by atoms with Crippen LogP contribution in [-0.2, 0) is 34.0 Å². The molecule has 0 bridgehead atoms. The van der Waals surface area contributed by atoms with E-state index in [4.69, 9.17) is 0 Å². The molecule has 1 unspecified atom stereocenters. The van der Waals surface area contributed by atoms with Gasteiger partial charge in [0.1, 0.15) is 23.7 Å². The molecule has 58 heavy (non-hydrogen) atoms. The van der Waals surface area contributed by atoms with Gasteiger partial charge < -0.3 is 20.9 Å². The molecule has 2 aliphatic heterocycles. The van der Waals surface area contributed by atoms with E-state index in [9.17, 15) is 27.6 Å². The Morgan fingerprint density at radius 2 is 1.45 bits per heavy atom. The molecule has 7 rings (SSSR count). The van der Waals surface area contributed by atoms with Crippen molar-refractivity contribution in [2.24, 2.45) is 33.5 Å². The largest absolute Gasteiger partial charge is 0.343 e. The van der Waals surface area contributed by atoms with Crippen LogP contribution in [0, 0.1) is 33.5 Å². The maximum atomic E-state index is 15.3. The minimum absolute atomic E-state index is 0.00287. The van der Waals surface area contributed by atoms with Crippen LogP contribution in [-0.4, -0.2) is 101 Å². The predicted octanol–water partition coefficient (Wildman–Crippen LogP) is 4.54. The molecule has 5 saturated carbocycles. The number of carbonyl (C=O) groups is 5. The Morgan fingerprint density at radius 1 is 0.793 bits per heavy atom. The number of carbonyl (C=O) groups excluding carboxylic acids is 5. The molecule has 0 aromatic carbocycles. The smallest absolute Gasteiger partial charge is 0.259 e. The van der Waals surface area contributed by atoms with Crippen molar-refractivity contribution in [2.75, 3.05) is 13.1 Å². The summed E-state index contributed by atoms with van der Waals surface area (Å²) in [5.74, 6) is -2.32. The SMILES string of the molecule is CC[C@@H]1C[C@]1(NC(=O)C1C[C@@]2(CN1C(=O)[C@@H](NC(=O)[C@@H](NC(=O)[C@@H]1CCCN1C(C)C)C1CCCCC1)C(C)(C)C)C(C)(C)C21CCC1)C(=O)NS(=O)(=O)C1(C)CC1. The normalized spacial score (nSPS) is 33.3. The third-order valence-electron chi connectivity index (χ3n) is 16.9. The summed E-state index contributed by atoms with van der Waals surface area (Å²) in [6.45, 7) is 19.1. The lowest BCUT2D eigenvalue weighted by atomic mass is 9.73. The minimum atomic E-state index is -3.93. The lowest BCUT2D eigenvalue weighted by Gasteiger charge is -2.38. The van der Waals surface area contributed by atoms with Crippen molar-refractivity contribution in [3.63, 3.8) is 0 Å². The summed E-state index contributed by atoms with van der Waals surface area (Å²) in [6.07, 6.45) is 11.7. The molecule has 5 amide bonds. The average Bonchev–Trinajstić information content (AvgIpc) is 4.00. The van der Waals surface area contributed by atoms with Gasteiger partial charge in [0, 0.05) is 18.0 Å². The number of hydrogen-bond acceptors (Lipinski definition) is 8. The summed E-state index contributed by atoms with van der Waals surface area (Å²) in [7, 11) is -3.93. The molecule has 326 valence electrons. The van der Waals surface area contributed by atoms with Crippen LogP contribution in [0.3, 0.4) is 0 Å². The highest BCUT2D eigenvalue weighted by molar-refractivity contribution is 7.91. The molecule has 0 radical (unpaired) electrons. The summed E-state index contributed by atoms with van der Waals surface area (Å²) < 4.78 is 27.7. The fourth-order valence-corrected chi connectivity index (χ4v) is 13.6. The Kier molecular flexibility index (Phi) is 11.0. The average molecular weight is 829 g/mol. The van der Waals surface area contributed by atoms with Crippen LogP contribution >= 0.6 is 0 Å². The number of likely N-dealkylation sites (tertiary alicyclic amines) is 2. The molecule has 2 saturated heterocycles. The molecule has 4 N–H and O–H groups in total. The minimum Gasteiger partial charge on any atom is -0.343 e. The van der Waals surface area contributed by atoms with E-state index < -0.39 is 55.7 Å². The van der Waals surface area contributed by atoms with E-state index in [0.29, 0.717) is 38.6 Å². The summed E-state index contributed by atoms with van der Waals surface area (Å²) in [5, 5.41) is 9.38. The molecule has 14 heteroatoms. The van der Waals surface area contributed by atoms with Gasteiger partial charge in [0.25, 0.3) is 5.91 Å². The van der Waals surface area contributed by atoms with Gasteiger partial charge in [-0.05, 0) is 120 Å². The highest BCUT2D eigenvalue weighted by Crippen LogP contribution is 2.88. The molecule has 0 aromatic heterocycles. The lowest BCUT2D eigenvalue weighted by molar-refractivity contribution is -0.145. The molecule has 5 aliphatic carbocycles. The first kappa shape index (κ1) is 43.4. The van der Waals surface area contributed by atoms with E-state index in [0.717, 1.165) is 70.8 Å². The number of nitrogens with zero attached hydrogens (tertiary/aromatic N) is 2. The Balaban J connectivity index is 1.15. The van der Waals surface area contributed by atoms with Crippen LogP contribution in [0.2, 0.25) is 0 Å². The van der Waals surface area contributed by atoms with Crippen molar-refractivity contribution < 1.29 is 32.4 Å². The molecule has 13 nitrogen and oxygen atoms in total. The van der Waals surface area contributed by atoms with Crippen LogP contribution in [0.1, 0.15) is 159 Å². The number of nitrogens with one attached hydrogen (secondary N) is 4. The van der Waals surface area contributed by atoms with Crippen LogP contribution in [0.5, 0.6) is 0 Å². The van der Waals surface area contributed by atoms with E-state index in [1.54, 1.807) is 11.8 Å². The van der Waals surface area contributed by atoms with Gasteiger partial charge in [-0.15, -0.1) is 0 Å². The molecule has 7 aliphatic rings. The topological polar surface area (TPSA) is 174 Å². The van der Waals surface area contributed by atoms with Crippen molar-refractivity contribution in [2.45, 2.75) is 199 Å². The Labute approximate surface area is 347 Å². The molecular weight excluding hydrogens is 757 g/mol. The fraction of sp³-hybridized carbons (Fsp3) is 0.886. The Hall–Kier alpha value is -2.74. The van der Waals surface area contributed by atoms with Gasteiger partial charge in [-0.25, -0.2) is 8.42 Å². The molecule has 7 atom stereocenters. The number of rotatable bonds is 13. The number of sulfonamides is 1. The fourth-order valence-electron chi connectivity index (χ4n) is 12.3. The summed E-state index contributed by atoms with van der Waals surface area (Å²) >= 11 is 0. The summed E-state index contributed by atoms with van der Waals surface area (Å²) in [6, 6.07) is -2.81. The molecule has 7 fully saturated rings. The zero-order chi connectivity index (χ0) is 42.4. The lowest BCUT2D eigenvalue weighted by Crippen LogP contribution is -2.63. The van der Waals surface area contributed by atoms with Gasteiger partial charge in [0.2, 0.25) is 33.7 Å². The molecule has 0 aromatic rings. The first-order valence-electron chi connectivity index (χ1n) is 22.6. The first-order valence-corrected chi connectivity index (χ1v) is 24.1. The van der Waals surface area contributed by atoms with Crippen LogP contribution in [0.15, 0.2) is 0 Å². The Morgan fingerprint density at radius 3 is 1.97 bits per heavy atom. The maximum absolute atomic E-state index is 15.3. The van der Waals surface area contributed by atoms with E-state index in [1.165, 1.54) is 0 Å². The van der Waals surface area contributed by atoms with Crippen molar-refractivity contribution in [1.29, 1.82) is 0 Å². The molecule has 2 heterocycles. The zero-order valence-electron chi connectivity index (χ0n) is 36.7. The van der Waals surface area contributed by atoms with Gasteiger partial charge in [0.05, 0.1) is 10.8 Å². The van der Waals surface area contributed by atoms with Gasteiger partial charge in [0.15, 0.2) is 0 Å².